The molecule has 1 saturated heterocycles. The molecule has 0 unspecified atom stereocenters. The molecule has 0 aliphatic carbocycles. The Kier molecular flexibility index (Phi) is 5.23. The molecule has 2 aromatic rings. The maximum Gasteiger partial charge on any atom is 0.267 e. The summed E-state index contributed by atoms with van der Waals surface area (Å²) in [6.07, 6.45) is 1.89. The Balaban J connectivity index is 1.62. The summed E-state index contributed by atoms with van der Waals surface area (Å²) in [6.45, 7) is 1.13. The van der Waals surface area contributed by atoms with Crippen molar-refractivity contribution in [2.45, 2.75) is 6.54 Å². The van der Waals surface area contributed by atoms with Gasteiger partial charge in [-0.15, -0.1) is 0 Å². The lowest BCUT2D eigenvalue weighted by Gasteiger charge is -2.15. The molecule has 5 heteroatoms. The fourth-order valence-electron chi connectivity index (χ4n) is 2.24. The predicted molar refractivity (Wildman–Crippen MR) is 99.6 cm³/mol. The normalized spacial score (nSPS) is 16.3. The Labute approximate surface area is 145 Å². The largest absolute Gasteiger partial charge is 0.295 e. The van der Waals surface area contributed by atoms with Crippen LogP contribution >= 0.6 is 24.0 Å². The first-order valence-electron chi connectivity index (χ1n) is 7.29. The Hall–Kier alpha value is -1.95. The van der Waals surface area contributed by atoms with E-state index in [0.717, 1.165) is 5.56 Å². The lowest BCUT2D eigenvalue weighted by Crippen LogP contribution is -2.36. The summed E-state index contributed by atoms with van der Waals surface area (Å²) in [5, 5.41) is 3.27. The molecule has 0 aromatic heterocycles. The molecule has 2 aromatic carbocycles. The van der Waals surface area contributed by atoms with Crippen LogP contribution in [-0.4, -0.2) is 21.8 Å². The molecule has 1 aliphatic heterocycles. The van der Waals surface area contributed by atoms with Crippen LogP contribution in [0, 0.1) is 0 Å². The van der Waals surface area contributed by atoms with E-state index in [0.29, 0.717) is 22.4 Å². The van der Waals surface area contributed by atoms with Gasteiger partial charge in [-0.05, 0) is 17.2 Å². The van der Waals surface area contributed by atoms with Crippen molar-refractivity contribution in [1.29, 1.82) is 0 Å². The highest BCUT2D eigenvalue weighted by Crippen LogP contribution is 2.31. The van der Waals surface area contributed by atoms with Crippen LogP contribution in [0.2, 0.25) is 0 Å². The third kappa shape index (κ3) is 4.07. The van der Waals surface area contributed by atoms with Crippen molar-refractivity contribution in [2.75, 3.05) is 6.67 Å². The van der Waals surface area contributed by atoms with Gasteiger partial charge >= 0.3 is 0 Å². The van der Waals surface area contributed by atoms with E-state index >= 15 is 0 Å². The topological polar surface area (TPSA) is 32.3 Å². The second kappa shape index (κ2) is 7.55. The molecular weight excluding hydrogens is 324 g/mol. The van der Waals surface area contributed by atoms with Gasteiger partial charge < -0.3 is 0 Å². The van der Waals surface area contributed by atoms with Crippen molar-refractivity contribution < 1.29 is 4.79 Å². The van der Waals surface area contributed by atoms with Crippen molar-refractivity contribution in [3.8, 4) is 0 Å². The van der Waals surface area contributed by atoms with E-state index in [9.17, 15) is 4.79 Å². The second-order valence-electron chi connectivity index (χ2n) is 5.09. The number of carbonyl (C=O) groups excluding carboxylic acids is 1. The molecule has 0 bridgehead atoms. The summed E-state index contributed by atoms with van der Waals surface area (Å²) in [6, 6.07) is 19.9. The number of thioether (sulfide) groups is 1. The average Bonchev–Trinajstić information content (AvgIpc) is 2.84. The highest BCUT2D eigenvalue weighted by Gasteiger charge is 2.31. The van der Waals surface area contributed by atoms with Crippen molar-refractivity contribution in [1.82, 2.24) is 10.2 Å². The SMILES string of the molecule is O=C1/C(=C/c2ccccc2)SC(=S)N1CNCc1ccccc1. The molecule has 1 aliphatic rings. The molecule has 1 N–H and O–H groups in total. The van der Waals surface area contributed by atoms with E-state index < -0.39 is 0 Å². The smallest absolute Gasteiger partial charge is 0.267 e. The second-order valence-corrected chi connectivity index (χ2v) is 6.77. The standard InChI is InChI=1S/C18H16N2OS2/c21-17-16(11-14-7-3-1-4-8-14)23-18(22)20(17)13-19-12-15-9-5-2-6-10-15/h1-11,19H,12-13H2/b16-11-. The van der Waals surface area contributed by atoms with Gasteiger partial charge in [-0.1, -0.05) is 84.6 Å². The van der Waals surface area contributed by atoms with E-state index in [2.05, 4.69) is 5.32 Å². The minimum absolute atomic E-state index is 0.0376. The van der Waals surface area contributed by atoms with Crippen LogP contribution in [0.25, 0.3) is 6.08 Å². The number of thiocarbonyl (C=S) groups is 1. The molecule has 23 heavy (non-hydrogen) atoms. The molecule has 3 rings (SSSR count). The van der Waals surface area contributed by atoms with Gasteiger partial charge in [0, 0.05) is 6.54 Å². The number of carbonyl (C=O) groups is 1. The third-order valence-corrected chi connectivity index (χ3v) is 4.79. The van der Waals surface area contributed by atoms with Crippen LogP contribution in [-0.2, 0) is 11.3 Å². The Morgan fingerprint density at radius 3 is 2.39 bits per heavy atom. The quantitative estimate of drug-likeness (QED) is 0.665. The van der Waals surface area contributed by atoms with Gasteiger partial charge in [0.1, 0.15) is 4.32 Å². The molecule has 0 spiro atoms. The number of hydrogen-bond acceptors (Lipinski definition) is 4. The Morgan fingerprint density at radius 2 is 1.70 bits per heavy atom. The Bertz CT molecular complexity index is 729. The van der Waals surface area contributed by atoms with Crippen molar-refractivity contribution in [3.05, 3.63) is 76.7 Å². The van der Waals surface area contributed by atoms with Crippen molar-refractivity contribution in [2.24, 2.45) is 0 Å². The van der Waals surface area contributed by atoms with Crippen LogP contribution in [0.5, 0.6) is 0 Å². The maximum absolute atomic E-state index is 12.5. The average molecular weight is 340 g/mol. The van der Waals surface area contributed by atoms with Gasteiger partial charge in [0.25, 0.3) is 5.91 Å². The number of benzene rings is 2. The summed E-state index contributed by atoms with van der Waals surface area (Å²) in [5.74, 6) is -0.0376. The fraction of sp³-hybridized carbons (Fsp3) is 0.111. The molecule has 0 radical (unpaired) electrons. The minimum Gasteiger partial charge on any atom is -0.295 e. The highest BCUT2D eigenvalue weighted by atomic mass is 32.2. The monoisotopic (exact) mass is 340 g/mol. The van der Waals surface area contributed by atoms with Crippen molar-refractivity contribution >= 4 is 40.3 Å². The third-order valence-electron chi connectivity index (χ3n) is 3.41. The zero-order valence-electron chi connectivity index (χ0n) is 12.4. The van der Waals surface area contributed by atoms with Gasteiger partial charge in [-0.2, -0.15) is 0 Å². The summed E-state index contributed by atoms with van der Waals surface area (Å²) >= 11 is 6.68. The first-order chi connectivity index (χ1) is 11.2. The van der Waals surface area contributed by atoms with Gasteiger partial charge in [0.2, 0.25) is 0 Å². The van der Waals surface area contributed by atoms with Crippen LogP contribution in [0.4, 0.5) is 0 Å². The van der Waals surface area contributed by atoms with Crippen LogP contribution < -0.4 is 5.32 Å². The molecule has 3 nitrogen and oxygen atoms in total. The van der Waals surface area contributed by atoms with E-state index in [1.54, 1.807) is 4.90 Å². The summed E-state index contributed by atoms with van der Waals surface area (Å²) in [4.78, 5) is 14.7. The molecule has 0 saturated carbocycles. The van der Waals surface area contributed by atoms with Gasteiger partial charge in [-0.3, -0.25) is 15.0 Å². The van der Waals surface area contributed by atoms with E-state index in [4.69, 9.17) is 12.2 Å². The minimum atomic E-state index is -0.0376. The first kappa shape index (κ1) is 15.9. The number of nitrogens with one attached hydrogen (secondary N) is 1. The molecule has 116 valence electrons. The maximum atomic E-state index is 12.5. The van der Waals surface area contributed by atoms with E-state index in [-0.39, 0.29) is 5.91 Å². The molecule has 1 amide bonds. The fourth-order valence-corrected chi connectivity index (χ4v) is 3.50. The lowest BCUT2D eigenvalue weighted by molar-refractivity contribution is -0.122. The van der Waals surface area contributed by atoms with Gasteiger partial charge in [0.15, 0.2) is 0 Å². The molecular formula is C18H16N2OS2. The molecule has 0 atom stereocenters. The lowest BCUT2D eigenvalue weighted by atomic mass is 10.2. The van der Waals surface area contributed by atoms with E-state index in [1.165, 1.54) is 17.3 Å². The van der Waals surface area contributed by atoms with Crippen molar-refractivity contribution in [3.63, 3.8) is 0 Å². The van der Waals surface area contributed by atoms with Crippen LogP contribution in [0.15, 0.2) is 65.6 Å². The van der Waals surface area contributed by atoms with Crippen LogP contribution in [0.1, 0.15) is 11.1 Å². The number of hydrogen-bond donors (Lipinski definition) is 1. The summed E-state index contributed by atoms with van der Waals surface area (Å²) in [7, 11) is 0. The number of amides is 1. The van der Waals surface area contributed by atoms with E-state index in [1.807, 2.05) is 66.7 Å². The number of rotatable bonds is 5. The van der Waals surface area contributed by atoms with Gasteiger partial charge in [0.05, 0.1) is 11.6 Å². The molecule has 1 heterocycles. The number of nitrogens with zero attached hydrogens (tertiary/aromatic N) is 1. The Morgan fingerprint density at radius 1 is 1.04 bits per heavy atom. The zero-order chi connectivity index (χ0) is 16.1. The summed E-state index contributed by atoms with van der Waals surface area (Å²) in [5.41, 5.74) is 2.18. The highest BCUT2D eigenvalue weighted by molar-refractivity contribution is 8.26. The molecule has 1 fully saturated rings. The zero-order valence-corrected chi connectivity index (χ0v) is 14.1. The van der Waals surface area contributed by atoms with Crippen LogP contribution in [0.3, 0.4) is 0 Å². The van der Waals surface area contributed by atoms with Gasteiger partial charge in [-0.25, -0.2) is 0 Å². The summed E-state index contributed by atoms with van der Waals surface area (Å²) < 4.78 is 0.595. The first-order valence-corrected chi connectivity index (χ1v) is 8.51. The predicted octanol–water partition coefficient (Wildman–Crippen LogP) is 3.64.